The molecule has 5 nitrogen and oxygen atoms in total. The van der Waals surface area contributed by atoms with Gasteiger partial charge in [0.25, 0.3) is 5.91 Å². The number of hydrogen-bond acceptors (Lipinski definition) is 4. The molecule has 0 saturated carbocycles. The van der Waals surface area contributed by atoms with Gasteiger partial charge in [0.15, 0.2) is 0 Å². The van der Waals surface area contributed by atoms with E-state index >= 15 is 0 Å². The van der Waals surface area contributed by atoms with E-state index in [2.05, 4.69) is 15.4 Å². The van der Waals surface area contributed by atoms with Gasteiger partial charge in [0.2, 0.25) is 5.76 Å². The van der Waals surface area contributed by atoms with Crippen molar-refractivity contribution in [1.29, 1.82) is 0 Å². The predicted molar refractivity (Wildman–Crippen MR) is 103 cm³/mol. The first-order chi connectivity index (χ1) is 12.9. The minimum Gasteiger partial charge on any atom is -0.351 e. The quantitative estimate of drug-likeness (QED) is 0.775. The Bertz CT molecular complexity index is 793. The highest BCUT2D eigenvalue weighted by molar-refractivity contribution is 6.30. The molecule has 2 heterocycles. The third-order valence-electron chi connectivity index (χ3n) is 4.97. The number of halogens is 2. The molecule has 27 heavy (non-hydrogen) atoms. The summed E-state index contributed by atoms with van der Waals surface area (Å²) in [5.74, 6) is 0.309. The van der Waals surface area contributed by atoms with Crippen molar-refractivity contribution < 1.29 is 13.7 Å². The highest BCUT2D eigenvalue weighted by atomic mass is 35.5. The van der Waals surface area contributed by atoms with Gasteiger partial charge < -0.3 is 14.7 Å². The Kier molecular flexibility index (Phi) is 6.50. The van der Waals surface area contributed by atoms with Crippen LogP contribution in [-0.4, -0.2) is 42.1 Å². The summed E-state index contributed by atoms with van der Waals surface area (Å²) in [5, 5.41) is 7.01. The van der Waals surface area contributed by atoms with E-state index in [1.54, 1.807) is 12.1 Å². The zero-order valence-corrected chi connectivity index (χ0v) is 16.4. The monoisotopic (exact) mass is 393 g/mol. The highest BCUT2D eigenvalue weighted by Gasteiger charge is 2.23. The van der Waals surface area contributed by atoms with Gasteiger partial charge in [-0.1, -0.05) is 36.7 Å². The van der Waals surface area contributed by atoms with E-state index < -0.39 is 0 Å². The molecule has 1 atom stereocenters. The van der Waals surface area contributed by atoms with Crippen LogP contribution in [0.4, 0.5) is 4.39 Å². The molecule has 1 aromatic carbocycles. The molecule has 1 saturated heterocycles. The Morgan fingerprint density at radius 2 is 2.26 bits per heavy atom. The van der Waals surface area contributed by atoms with Crippen molar-refractivity contribution in [3.05, 3.63) is 52.1 Å². The van der Waals surface area contributed by atoms with E-state index in [0.29, 0.717) is 12.5 Å². The first kappa shape index (κ1) is 19.8. The normalized spacial score (nSPS) is 17.6. The second-order valence-corrected chi connectivity index (χ2v) is 7.84. The van der Waals surface area contributed by atoms with Crippen LogP contribution >= 0.6 is 11.6 Å². The second kappa shape index (κ2) is 8.85. The summed E-state index contributed by atoms with van der Waals surface area (Å²) in [6.07, 6.45) is 1.81. The summed E-state index contributed by atoms with van der Waals surface area (Å²) in [6.45, 7) is 7.39. The highest BCUT2D eigenvalue weighted by Crippen LogP contribution is 2.19. The Labute approximate surface area is 163 Å². The lowest BCUT2D eigenvalue weighted by Gasteiger charge is -2.16. The van der Waals surface area contributed by atoms with Gasteiger partial charge in [-0.25, -0.2) is 4.39 Å². The fourth-order valence-electron chi connectivity index (χ4n) is 3.26. The maximum absolute atomic E-state index is 13.5. The van der Waals surface area contributed by atoms with E-state index in [0.717, 1.165) is 43.7 Å². The van der Waals surface area contributed by atoms with Crippen molar-refractivity contribution in [3.8, 4) is 0 Å². The molecule has 0 aliphatic carbocycles. The van der Waals surface area contributed by atoms with E-state index in [1.807, 2.05) is 19.9 Å². The van der Waals surface area contributed by atoms with E-state index in [4.69, 9.17) is 16.1 Å². The number of benzene rings is 1. The Hall–Kier alpha value is -1.92. The first-order valence-corrected chi connectivity index (χ1v) is 9.71. The Morgan fingerprint density at radius 3 is 2.96 bits per heavy atom. The minimum atomic E-state index is -0.371. The number of rotatable bonds is 7. The third kappa shape index (κ3) is 5.30. The Morgan fingerprint density at radius 1 is 1.44 bits per heavy atom. The summed E-state index contributed by atoms with van der Waals surface area (Å²) in [6, 6.07) is 6.66. The lowest BCUT2D eigenvalue weighted by Crippen LogP contribution is -2.31. The minimum absolute atomic E-state index is 0.156. The SMILES string of the molecule is CC(C)c1cc(C(=O)NC[C@H]2CCN(CCc3ccc(Cl)c(F)c3)C2)on1. The molecule has 3 rings (SSSR count). The second-order valence-electron chi connectivity index (χ2n) is 7.43. The van der Waals surface area contributed by atoms with Crippen molar-refractivity contribution in [2.75, 3.05) is 26.2 Å². The maximum atomic E-state index is 13.5. The predicted octanol–water partition coefficient (Wildman–Crippen LogP) is 3.88. The van der Waals surface area contributed by atoms with Gasteiger partial charge in [0, 0.05) is 25.7 Å². The smallest absolute Gasteiger partial charge is 0.289 e. The van der Waals surface area contributed by atoms with Crippen molar-refractivity contribution >= 4 is 17.5 Å². The van der Waals surface area contributed by atoms with Crippen LogP contribution in [0, 0.1) is 11.7 Å². The number of likely N-dealkylation sites (tertiary alicyclic amines) is 1. The van der Waals surface area contributed by atoms with Crippen LogP contribution in [0.5, 0.6) is 0 Å². The lowest BCUT2D eigenvalue weighted by molar-refractivity contribution is 0.0910. The van der Waals surface area contributed by atoms with E-state index in [9.17, 15) is 9.18 Å². The van der Waals surface area contributed by atoms with Crippen LogP contribution < -0.4 is 5.32 Å². The van der Waals surface area contributed by atoms with Gasteiger partial charge in [-0.3, -0.25) is 4.79 Å². The topological polar surface area (TPSA) is 58.4 Å². The molecule has 1 aliphatic heterocycles. The summed E-state index contributed by atoms with van der Waals surface area (Å²) in [4.78, 5) is 14.5. The van der Waals surface area contributed by atoms with Gasteiger partial charge >= 0.3 is 0 Å². The van der Waals surface area contributed by atoms with Crippen LogP contribution in [-0.2, 0) is 6.42 Å². The van der Waals surface area contributed by atoms with E-state index in [-0.39, 0.29) is 28.4 Å². The molecule has 1 amide bonds. The number of carbonyl (C=O) groups excluding carboxylic acids is 1. The van der Waals surface area contributed by atoms with Gasteiger partial charge in [-0.2, -0.15) is 0 Å². The van der Waals surface area contributed by atoms with Crippen molar-refractivity contribution in [1.82, 2.24) is 15.4 Å². The van der Waals surface area contributed by atoms with Gasteiger partial charge in [-0.15, -0.1) is 0 Å². The largest absolute Gasteiger partial charge is 0.351 e. The molecule has 0 unspecified atom stereocenters. The molecule has 0 spiro atoms. The molecule has 0 radical (unpaired) electrons. The van der Waals surface area contributed by atoms with Gasteiger partial charge in [0.05, 0.1) is 10.7 Å². The van der Waals surface area contributed by atoms with Crippen molar-refractivity contribution in [3.63, 3.8) is 0 Å². The first-order valence-electron chi connectivity index (χ1n) is 9.33. The third-order valence-corrected chi connectivity index (χ3v) is 5.27. The molecule has 7 heteroatoms. The van der Waals surface area contributed by atoms with Crippen LogP contribution in [0.1, 0.15) is 48.0 Å². The lowest BCUT2D eigenvalue weighted by atomic mass is 10.1. The zero-order chi connectivity index (χ0) is 19.4. The zero-order valence-electron chi connectivity index (χ0n) is 15.7. The maximum Gasteiger partial charge on any atom is 0.289 e. The van der Waals surface area contributed by atoms with Crippen LogP contribution in [0.2, 0.25) is 5.02 Å². The number of carbonyl (C=O) groups is 1. The molecule has 1 aromatic heterocycles. The molecular weight excluding hydrogens is 369 g/mol. The molecule has 2 aromatic rings. The summed E-state index contributed by atoms with van der Waals surface area (Å²) < 4.78 is 18.6. The van der Waals surface area contributed by atoms with Gasteiger partial charge in [-0.05, 0) is 48.9 Å². The molecule has 1 fully saturated rings. The fraction of sp³-hybridized carbons (Fsp3) is 0.500. The molecule has 146 valence electrons. The van der Waals surface area contributed by atoms with Crippen LogP contribution in [0.25, 0.3) is 0 Å². The molecule has 0 bridgehead atoms. The summed E-state index contributed by atoms with van der Waals surface area (Å²) in [5.41, 5.74) is 1.73. The average molecular weight is 394 g/mol. The molecular formula is C20H25ClFN3O2. The Balaban J connectivity index is 1.41. The molecule has 1 N–H and O–H groups in total. The van der Waals surface area contributed by atoms with Crippen LogP contribution in [0.15, 0.2) is 28.8 Å². The summed E-state index contributed by atoms with van der Waals surface area (Å²) in [7, 11) is 0. The molecule has 1 aliphatic rings. The fourth-order valence-corrected chi connectivity index (χ4v) is 3.37. The number of amides is 1. The summed E-state index contributed by atoms with van der Waals surface area (Å²) >= 11 is 5.72. The standard InChI is InChI=1S/C20H25ClFN3O2/c1-13(2)18-10-19(27-24-18)20(26)23-11-15-6-8-25(12-15)7-5-14-3-4-16(21)17(22)9-14/h3-4,9-10,13,15H,5-8,11-12H2,1-2H3,(H,23,26)/t15-/m1/s1. The number of nitrogens with one attached hydrogen (secondary N) is 1. The average Bonchev–Trinajstić information content (AvgIpc) is 3.30. The number of aromatic nitrogens is 1. The van der Waals surface area contributed by atoms with Crippen LogP contribution in [0.3, 0.4) is 0 Å². The van der Waals surface area contributed by atoms with Crippen molar-refractivity contribution in [2.45, 2.75) is 32.6 Å². The van der Waals surface area contributed by atoms with Gasteiger partial charge in [0.1, 0.15) is 5.82 Å². The number of nitrogens with zero attached hydrogens (tertiary/aromatic N) is 2. The number of hydrogen-bond donors (Lipinski definition) is 1. The van der Waals surface area contributed by atoms with E-state index in [1.165, 1.54) is 6.07 Å². The van der Waals surface area contributed by atoms with Crippen molar-refractivity contribution in [2.24, 2.45) is 5.92 Å².